The van der Waals surface area contributed by atoms with Gasteiger partial charge in [-0.05, 0) is 44.2 Å². The summed E-state index contributed by atoms with van der Waals surface area (Å²) in [5.74, 6) is 0.203. The van der Waals surface area contributed by atoms with Crippen LogP contribution in [0, 0.1) is 12.7 Å². The molecule has 3 rings (SSSR count). The van der Waals surface area contributed by atoms with Gasteiger partial charge >= 0.3 is 0 Å². The summed E-state index contributed by atoms with van der Waals surface area (Å²) in [6.45, 7) is 3.69. The van der Waals surface area contributed by atoms with E-state index in [0.717, 1.165) is 5.69 Å². The van der Waals surface area contributed by atoms with Crippen molar-refractivity contribution in [3.63, 3.8) is 0 Å². The first-order valence-electron chi connectivity index (χ1n) is 6.43. The smallest absolute Gasteiger partial charge is 0.165 e. The number of pyridine rings is 1. The number of benzene rings is 1. The highest BCUT2D eigenvalue weighted by Crippen LogP contribution is 2.31. The normalized spacial score (nSPS) is 12.8. The van der Waals surface area contributed by atoms with Gasteiger partial charge in [0.05, 0.1) is 16.1 Å². The number of halogens is 3. The maximum Gasteiger partial charge on any atom is 0.165 e. The molecule has 3 aromatic rings. The van der Waals surface area contributed by atoms with E-state index in [1.54, 1.807) is 11.5 Å². The molecule has 3 nitrogen and oxygen atoms in total. The third kappa shape index (κ3) is 2.49. The van der Waals surface area contributed by atoms with Gasteiger partial charge in [-0.25, -0.2) is 14.4 Å². The number of alkyl halides is 1. The summed E-state index contributed by atoms with van der Waals surface area (Å²) in [4.78, 5) is 8.97. The highest BCUT2D eigenvalue weighted by Gasteiger charge is 2.19. The van der Waals surface area contributed by atoms with E-state index in [9.17, 15) is 4.39 Å². The van der Waals surface area contributed by atoms with E-state index in [1.807, 2.05) is 19.1 Å². The van der Waals surface area contributed by atoms with E-state index in [2.05, 4.69) is 9.97 Å². The molecule has 0 N–H and O–H groups in total. The van der Waals surface area contributed by atoms with Crippen LogP contribution in [-0.4, -0.2) is 14.5 Å². The van der Waals surface area contributed by atoms with Crippen LogP contribution in [0.3, 0.4) is 0 Å². The van der Waals surface area contributed by atoms with Crippen molar-refractivity contribution in [3.05, 3.63) is 52.7 Å². The maximum atomic E-state index is 13.6. The second-order valence-electron chi connectivity index (χ2n) is 4.81. The fraction of sp³-hybridized carbons (Fsp3) is 0.200. The highest BCUT2D eigenvalue weighted by atomic mass is 35.5. The summed E-state index contributed by atoms with van der Waals surface area (Å²) < 4.78 is 15.3. The molecule has 1 atom stereocenters. The van der Waals surface area contributed by atoms with Crippen LogP contribution in [0.15, 0.2) is 30.3 Å². The second-order valence-corrected chi connectivity index (χ2v) is 5.87. The predicted octanol–water partition coefficient (Wildman–Crippen LogP) is 4.82. The molecular weight excluding hydrogens is 312 g/mol. The van der Waals surface area contributed by atoms with Crippen LogP contribution >= 0.6 is 23.2 Å². The Balaban J connectivity index is 2.41. The fourth-order valence-electron chi connectivity index (χ4n) is 2.23. The Labute approximate surface area is 131 Å². The first kappa shape index (κ1) is 14.3. The number of aryl methyl sites for hydroxylation is 1. The average molecular weight is 324 g/mol. The SMILES string of the molecule is Cc1ccc2nc(C(C)Cl)n(-c3cc(F)ccc3Cl)c2n1. The lowest BCUT2D eigenvalue weighted by Crippen LogP contribution is -2.04. The van der Waals surface area contributed by atoms with Crippen molar-refractivity contribution >= 4 is 34.4 Å². The third-order valence-corrected chi connectivity index (χ3v) is 3.69. The van der Waals surface area contributed by atoms with Gasteiger partial charge in [0, 0.05) is 5.69 Å². The summed E-state index contributed by atoms with van der Waals surface area (Å²) in [5.41, 5.74) is 2.64. The Hall–Kier alpha value is -1.65. The number of imidazole rings is 1. The van der Waals surface area contributed by atoms with Gasteiger partial charge in [-0.15, -0.1) is 11.6 Å². The first-order chi connectivity index (χ1) is 9.97. The zero-order valence-corrected chi connectivity index (χ0v) is 13.0. The summed E-state index contributed by atoms with van der Waals surface area (Å²) in [7, 11) is 0. The van der Waals surface area contributed by atoms with Crippen molar-refractivity contribution in [1.29, 1.82) is 0 Å². The Morgan fingerprint density at radius 2 is 1.95 bits per heavy atom. The third-order valence-electron chi connectivity index (χ3n) is 3.17. The fourth-order valence-corrected chi connectivity index (χ4v) is 2.58. The molecule has 0 aliphatic rings. The lowest BCUT2D eigenvalue weighted by molar-refractivity contribution is 0.626. The molecule has 2 heterocycles. The van der Waals surface area contributed by atoms with Crippen molar-refractivity contribution in [2.45, 2.75) is 19.2 Å². The van der Waals surface area contributed by atoms with Gasteiger partial charge in [0.15, 0.2) is 5.65 Å². The van der Waals surface area contributed by atoms with Crippen molar-refractivity contribution in [3.8, 4) is 5.69 Å². The average Bonchev–Trinajstić information content (AvgIpc) is 2.80. The van der Waals surface area contributed by atoms with Gasteiger partial charge in [0.25, 0.3) is 0 Å². The van der Waals surface area contributed by atoms with Crippen LogP contribution < -0.4 is 0 Å². The molecular formula is C15H12Cl2FN3. The zero-order chi connectivity index (χ0) is 15.1. The van der Waals surface area contributed by atoms with Crippen LogP contribution in [0.25, 0.3) is 16.9 Å². The molecule has 0 aliphatic heterocycles. The van der Waals surface area contributed by atoms with Gasteiger partial charge < -0.3 is 0 Å². The number of hydrogen-bond donors (Lipinski definition) is 0. The number of rotatable bonds is 2. The standard InChI is InChI=1S/C15H12Cl2FN3/c1-8-3-6-12-15(19-8)21(14(20-12)9(2)16)13-7-10(18)4-5-11(13)17/h3-7,9H,1-2H3. The quantitative estimate of drug-likeness (QED) is 0.633. The van der Waals surface area contributed by atoms with Gasteiger partial charge in [0.1, 0.15) is 17.2 Å². The van der Waals surface area contributed by atoms with E-state index >= 15 is 0 Å². The molecule has 2 aromatic heterocycles. The lowest BCUT2D eigenvalue weighted by atomic mass is 10.3. The van der Waals surface area contributed by atoms with Crippen molar-refractivity contribution in [2.24, 2.45) is 0 Å². The van der Waals surface area contributed by atoms with Crippen LogP contribution in [0.1, 0.15) is 23.8 Å². The van der Waals surface area contributed by atoms with E-state index in [4.69, 9.17) is 23.2 Å². The van der Waals surface area contributed by atoms with Crippen LogP contribution in [-0.2, 0) is 0 Å². The molecule has 0 aliphatic carbocycles. The first-order valence-corrected chi connectivity index (χ1v) is 7.24. The minimum absolute atomic E-state index is 0.362. The molecule has 21 heavy (non-hydrogen) atoms. The number of fused-ring (bicyclic) bond motifs is 1. The highest BCUT2D eigenvalue weighted by molar-refractivity contribution is 6.32. The van der Waals surface area contributed by atoms with E-state index in [1.165, 1.54) is 18.2 Å². The molecule has 1 unspecified atom stereocenters. The Kier molecular flexibility index (Phi) is 3.59. The number of aromatic nitrogens is 3. The molecule has 108 valence electrons. The minimum Gasteiger partial charge on any atom is -0.278 e. The Bertz CT molecular complexity index is 827. The molecule has 0 saturated carbocycles. The molecule has 0 amide bonds. The maximum absolute atomic E-state index is 13.6. The summed E-state index contributed by atoms with van der Waals surface area (Å²) >= 11 is 12.4. The molecule has 0 fully saturated rings. The van der Waals surface area contributed by atoms with Crippen LogP contribution in [0.5, 0.6) is 0 Å². The summed E-state index contributed by atoms with van der Waals surface area (Å²) in [6.07, 6.45) is 0. The summed E-state index contributed by atoms with van der Waals surface area (Å²) in [5, 5.41) is 0.0522. The van der Waals surface area contributed by atoms with Gasteiger partial charge in [0.2, 0.25) is 0 Å². The lowest BCUT2D eigenvalue weighted by Gasteiger charge is -2.12. The monoisotopic (exact) mass is 323 g/mol. The molecule has 0 saturated heterocycles. The topological polar surface area (TPSA) is 30.7 Å². The molecule has 1 aromatic carbocycles. The Morgan fingerprint density at radius 1 is 1.19 bits per heavy atom. The van der Waals surface area contributed by atoms with Gasteiger partial charge in [-0.3, -0.25) is 4.57 Å². The van der Waals surface area contributed by atoms with E-state index in [0.29, 0.717) is 27.7 Å². The van der Waals surface area contributed by atoms with Gasteiger partial charge in [-0.1, -0.05) is 11.6 Å². The van der Waals surface area contributed by atoms with Gasteiger partial charge in [-0.2, -0.15) is 0 Å². The van der Waals surface area contributed by atoms with Crippen LogP contribution in [0.4, 0.5) is 4.39 Å². The molecule has 0 radical (unpaired) electrons. The number of nitrogens with zero attached hydrogens (tertiary/aromatic N) is 3. The predicted molar refractivity (Wildman–Crippen MR) is 82.8 cm³/mol. The second kappa shape index (κ2) is 5.28. The molecule has 0 bridgehead atoms. The van der Waals surface area contributed by atoms with E-state index in [-0.39, 0.29) is 11.2 Å². The summed E-state index contributed by atoms with van der Waals surface area (Å²) in [6, 6.07) is 7.92. The van der Waals surface area contributed by atoms with Crippen LogP contribution in [0.2, 0.25) is 5.02 Å². The van der Waals surface area contributed by atoms with Crippen molar-refractivity contribution in [1.82, 2.24) is 14.5 Å². The largest absolute Gasteiger partial charge is 0.278 e. The zero-order valence-electron chi connectivity index (χ0n) is 11.4. The minimum atomic E-state index is -0.378. The van der Waals surface area contributed by atoms with Crippen molar-refractivity contribution in [2.75, 3.05) is 0 Å². The Morgan fingerprint density at radius 3 is 2.67 bits per heavy atom. The number of hydrogen-bond acceptors (Lipinski definition) is 2. The molecule has 0 spiro atoms. The van der Waals surface area contributed by atoms with E-state index < -0.39 is 0 Å². The van der Waals surface area contributed by atoms with Crippen molar-refractivity contribution < 1.29 is 4.39 Å². The molecule has 6 heteroatoms.